The zero-order valence-corrected chi connectivity index (χ0v) is 23.2. The van der Waals surface area contributed by atoms with Crippen LogP contribution in [0.15, 0.2) is 29.2 Å². The summed E-state index contributed by atoms with van der Waals surface area (Å²) >= 11 is 1.46. The third-order valence-corrected chi connectivity index (χ3v) is 9.91. The number of carbonyl (C=O) groups is 2. The van der Waals surface area contributed by atoms with Crippen LogP contribution in [0.2, 0.25) is 0 Å². The molecule has 3 heterocycles. The third-order valence-electron chi connectivity index (χ3n) is 6.90. The van der Waals surface area contributed by atoms with Crippen molar-refractivity contribution in [3.05, 3.63) is 45.8 Å². The number of piperidine rings is 1. The van der Waals surface area contributed by atoms with Crippen LogP contribution < -0.4 is 5.32 Å². The first-order valence-electron chi connectivity index (χ1n) is 12.6. The molecule has 2 aliphatic heterocycles. The average Bonchev–Trinajstić information content (AvgIpc) is 3.20. The van der Waals surface area contributed by atoms with Gasteiger partial charge in [0.1, 0.15) is 5.00 Å². The van der Waals surface area contributed by atoms with Gasteiger partial charge in [-0.3, -0.25) is 14.5 Å². The molecule has 4 rings (SSSR count). The summed E-state index contributed by atoms with van der Waals surface area (Å²) in [6.07, 6.45) is 3.73. The van der Waals surface area contributed by atoms with E-state index >= 15 is 0 Å². The molecule has 8 nitrogen and oxygen atoms in total. The first kappa shape index (κ1) is 26.8. The average molecular weight is 533 g/mol. The smallest absolute Gasteiger partial charge is 0.256 e. The first-order valence-corrected chi connectivity index (χ1v) is 14.9. The number of thiophene rings is 1. The van der Waals surface area contributed by atoms with E-state index in [9.17, 15) is 18.0 Å². The van der Waals surface area contributed by atoms with E-state index in [0.717, 1.165) is 55.8 Å². The van der Waals surface area contributed by atoms with E-state index in [1.165, 1.54) is 32.7 Å². The standard InChI is InChI=1S/C26H36N4O4S2/c1-5-13-29-15-12-21-22(17-29)35-25(23(21)26(32)28(3)4)27-24(31)19-8-10-20(11-9-19)36(33,34)30-14-6-7-18(2)16-30/h8-11,18H,5-7,12-17H2,1-4H3,(H,27,31). The van der Waals surface area contributed by atoms with Crippen molar-refractivity contribution in [2.45, 2.75) is 51.0 Å². The molecule has 1 aromatic heterocycles. The summed E-state index contributed by atoms with van der Waals surface area (Å²) in [5.74, 6) is -0.144. The highest BCUT2D eigenvalue weighted by atomic mass is 32.2. The number of hydrogen-bond acceptors (Lipinski definition) is 6. The number of rotatable bonds is 7. The minimum absolute atomic E-state index is 0.121. The fourth-order valence-electron chi connectivity index (χ4n) is 4.97. The zero-order chi connectivity index (χ0) is 26.0. The maximum Gasteiger partial charge on any atom is 0.256 e. The Kier molecular flexibility index (Phi) is 8.18. The Morgan fingerprint density at radius 1 is 1.17 bits per heavy atom. The molecule has 1 aromatic carbocycles. The molecule has 1 unspecified atom stereocenters. The van der Waals surface area contributed by atoms with Gasteiger partial charge in [0.15, 0.2) is 0 Å². The SMILES string of the molecule is CCCN1CCc2c(sc(NC(=O)c3ccc(S(=O)(=O)N4CCCC(C)C4)cc3)c2C(=O)N(C)C)C1. The second-order valence-electron chi connectivity index (χ2n) is 10.0. The monoisotopic (exact) mass is 532 g/mol. The van der Waals surface area contributed by atoms with Crippen molar-refractivity contribution >= 4 is 38.2 Å². The molecule has 10 heteroatoms. The minimum Gasteiger partial charge on any atom is -0.345 e. The highest BCUT2D eigenvalue weighted by Gasteiger charge is 2.31. The van der Waals surface area contributed by atoms with Crippen molar-refractivity contribution in [2.24, 2.45) is 5.92 Å². The summed E-state index contributed by atoms with van der Waals surface area (Å²) < 4.78 is 27.6. The van der Waals surface area contributed by atoms with E-state index < -0.39 is 10.0 Å². The number of hydrogen-bond donors (Lipinski definition) is 1. The van der Waals surface area contributed by atoms with Gasteiger partial charge in [0.2, 0.25) is 10.0 Å². The van der Waals surface area contributed by atoms with Crippen LogP contribution >= 0.6 is 11.3 Å². The highest BCUT2D eigenvalue weighted by Crippen LogP contribution is 2.38. The van der Waals surface area contributed by atoms with Gasteiger partial charge in [0.25, 0.3) is 11.8 Å². The Bertz CT molecular complexity index is 1220. The molecule has 1 N–H and O–H groups in total. The van der Waals surface area contributed by atoms with Crippen LogP contribution in [0.4, 0.5) is 5.00 Å². The lowest BCUT2D eigenvalue weighted by Crippen LogP contribution is -2.39. The lowest BCUT2D eigenvalue weighted by Gasteiger charge is -2.30. The topological polar surface area (TPSA) is 90.0 Å². The van der Waals surface area contributed by atoms with Crippen LogP contribution in [0.5, 0.6) is 0 Å². The van der Waals surface area contributed by atoms with Gasteiger partial charge in [-0.05, 0) is 68.0 Å². The van der Waals surface area contributed by atoms with Gasteiger partial charge < -0.3 is 10.2 Å². The van der Waals surface area contributed by atoms with Crippen molar-refractivity contribution in [3.8, 4) is 0 Å². The molecule has 36 heavy (non-hydrogen) atoms. The fraction of sp³-hybridized carbons (Fsp3) is 0.538. The molecule has 2 aromatic rings. The molecule has 1 saturated heterocycles. The summed E-state index contributed by atoms with van der Waals surface area (Å²) in [7, 11) is -0.158. The maximum atomic E-state index is 13.1. The fourth-order valence-corrected chi connectivity index (χ4v) is 7.84. The van der Waals surface area contributed by atoms with Crippen LogP contribution in [0.25, 0.3) is 0 Å². The van der Waals surface area contributed by atoms with Gasteiger partial charge in [-0.2, -0.15) is 4.31 Å². The lowest BCUT2D eigenvalue weighted by molar-refractivity contribution is 0.0827. The molecule has 0 saturated carbocycles. The Morgan fingerprint density at radius 3 is 2.53 bits per heavy atom. The molecule has 0 radical (unpaired) electrons. The van der Waals surface area contributed by atoms with Gasteiger partial charge in [-0.1, -0.05) is 13.8 Å². The van der Waals surface area contributed by atoms with E-state index in [1.54, 1.807) is 26.2 Å². The second-order valence-corrected chi connectivity index (χ2v) is 13.1. The van der Waals surface area contributed by atoms with Crippen molar-refractivity contribution < 1.29 is 18.0 Å². The molecule has 1 atom stereocenters. The third kappa shape index (κ3) is 5.51. The molecule has 196 valence electrons. The van der Waals surface area contributed by atoms with Gasteiger partial charge >= 0.3 is 0 Å². The summed E-state index contributed by atoms with van der Waals surface area (Å²) in [5, 5.41) is 3.50. The molecule has 0 bridgehead atoms. The van der Waals surface area contributed by atoms with Gasteiger partial charge in [-0.25, -0.2) is 8.42 Å². The van der Waals surface area contributed by atoms with Crippen molar-refractivity contribution in [1.29, 1.82) is 0 Å². The largest absolute Gasteiger partial charge is 0.345 e. The van der Waals surface area contributed by atoms with Crippen LogP contribution in [-0.4, -0.2) is 74.6 Å². The number of sulfonamides is 1. The Balaban J connectivity index is 1.55. The Labute approximate surface area is 218 Å². The van der Waals surface area contributed by atoms with E-state index in [2.05, 4.69) is 24.1 Å². The van der Waals surface area contributed by atoms with Crippen molar-refractivity contribution in [2.75, 3.05) is 45.6 Å². The zero-order valence-electron chi connectivity index (χ0n) is 21.5. The normalized spacial score (nSPS) is 19.1. The second kappa shape index (κ2) is 11.0. The molecule has 1 fully saturated rings. The maximum absolute atomic E-state index is 13.1. The van der Waals surface area contributed by atoms with Gasteiger partial charge in [-0.15, -0.1) is 11.3 Å². The predicted molar refractivity (Wildman–Crippen MR) is 143 cm³/mol. The minimum atomic E-state index is -3.59. The molecular weight excluding hydrogens is 496 g/mol. The Morgan fingerprint density at radius 2 is 1.89 bits per heavy atom. The number of benzene rings is 1. The summed E-state index contributed by atoms with van der Waals surface area (Å²) in [4.78, 5) is 31.4. The van der Waals surface area contributed by atoms with E-state index in [4.69, 9.17) is 0 Å². The summed E-state index contributed by atoms with van der Waals surface area (Å²) in [5.41, 5.74) is 1.95. The number of amides is 2. The van der Waals surface area contributed by atoms with Crippen molar-refractivity contribution in [1.82, 2.24) is 14.1 Å². The number of nitrogens with zero attached hydrogens (tertiary/aromatic N) is 3. The Hall–Kier alpha value is -2.27. The highest BCUT2D eigenvalue weighted by molar-refractivity contribution is 7.89. The van der Waals surface area contributed by atoms with Crippen LogP contribution in [0, 0.1) is 5.92 Å². The van der Waals surface area contributed by atoms with E-state index in [1.807, 2.05) is 0 Å². The quantitative estimate of drug-likeness (QED) is 0.584. The number of nitrogens with one attached hydrogen (secondary N) is 1. The van der Waals surface area contributed by atoms with Gasteiger partial charge in [0, 0.05) is 50.7 Å². The van der Waals surface area contributed by atoms with Gasteiger partial charge in [0.05, 0.1) is 10.5 Å². The van der Waals surface area contributed by atoms with Crippen LogP contribution in [-0.2, 0) is 23.0 Å². The number of fused-ring (bicyclic) bond motifs is 1. The van der Waals surface area contributed by atoms with E-state index in [-0.39, 0.29) is 16.7 Å². The molecule has 0 aliphatic carbocycles. The number of anilines is 1. The van der Waals surface area contributed by atoms with Crippen molar-refractivity contribution in [3.63, 3.8) is 0 Å². The first-order chi connectivity index (χ1) is 17.1. The lowest BCUT2D eigenvalue weighted by atomic mass is 10.0. The van der Waals surface area contributed by atoms with Crippen LogP contribution in [0.3, 0.4) is 0 Å². The van der Waals surface area contributed by atoms with Crippen LogP contribution in [0.1, 0.15) is 64.3 Å². The molecular formula is C26H36N4O4S2. The van der Waals surface area contributed by atoms with E-state index in [0.29, 0.717) is 35.1 Å². The summed E-state index contributed by atoms with van der Waals surface area (Å²) in [6, 6.07) is 6.08. The predicted octanol–water partition coefficient (Wildman–Crippen LogP) is 3.89. The number of carbonyl (C=O) groups excluding carboxylic acids is 2. The summed E-state index contributed by atoms with van der Waals surface area (Å²) in [6.45, 7) is 7.93. The molecule has 2 aliphatic rings. The molecule has 2 amide bonds. The molecule has 0 spiro atoms.